The fourth-order valence-corrected chi connectivity index (χ4v) is 2.86. The third-order valence-electron chi connectivity index (χ3n) is 4.36. The smallest absolute Gasteiger partial charge is 0.251 e. The van der Waals surface area contributed by atoms with Gasteiger partial charge >= 0.3 is 0 Å². The second-order valence-corrected chi connectivity index (χ2v) is 7.29. The quantitative estimate of drug-likeness (QED) is 0.599. The zero-order valence-electron chi connectivity index (χ0n) is 15.6. The number of aryl methyl sites for hydroxylation is 1. The van der Waals surface area contributed by atoms with Gasteiger partial charge in [0.1, 0.15) is 0 Å². The number of aromatic nitrogens is 2. The van der Waals surface area contributed by atoms with E-state index in [4.69, 9.17) is 5.11 Å². The van der Waals surface area contributed by atoms with Crippen molar-refractivity contribution in [3.05, 3.63) is 54.2 Å². The number of hydrogen-bond donors (Lipinski definition) is 3. The number of carbonyl (C=O) groups excluding carboxylic acids is 1. The van der Waals surface area contributed by atoms with Crippen LogP contribution in [-0.2, 0) is 6.54 Å². The molecule has 0 bridgehead atoms. The van der Waals surface area contributed by atoms with Crippen LogP contribution in [-0.4, -0.2) is 44.7 Å². The van der Waals surface area contributed by atoms with Crippen LogP contribution in [0.15, 0.2) is 48.7 Å². The topological polar surface area (TPSA) is 87.4 Å². The molecule has 0 fully saturated rings. The summed E-state index contributed by atoms with van der Waals surface area (Å²) >= 11 is 0. The Morgan fingerprint density at radius 3 is 2.70 bits per heavy atom. The maximum atomic E-state index is 12.1. The van der Waals surface area contributed by atoms with Crippen LogP contribution >= 0.6 is 0 Å². The molecule has 0 spiro atoms. The highest BCUT2D eigenvalue weighted by molar-refractivity contribution is 5.95. The molecule has 1 amide bonds. The van der Waals surface area contributed by atoms with Crippen LogP contribution in [0.1, 0.15) is 30.6 Å². The van der Waals surface area contributed by atoms with Gasteiger partial charge < -0.3 is 15.5 Å². The zero-order chi connectivity index (χ0) is 19.4. The van der Waals surface area contributed by atoms with Crippen LogP contribution in [0.2, 0.25) is 0 Å². The Morgan fingerprint density at radius 1 is 1.19 bits per heavy atom. The van der Waals surface area contributed by atoms with Crippen molar-refractivity contribution in [2.45, 2.75) is 32.4 Å². The summed E-state index contributed by atoms with van der Waals surface area (Å²) in [5, 5.41) is 27.0. The van der Waals surface area contributed by atoms with Gasteiger partial charge in [-0.15, -0.1) is 0 Å². The van der Waals surface area contributed by atoms with E-state index in [1.807, 2.05) is 47.3 Å². The molecule has 0 saturated heterocycles. The zero-order valence-corrected chi connectivity index (χ0v) is 15.6. The summed E-state index contributed by atoms with van der Waals surface area (Å²) in [6, 6.07) is 13.4. The van der Waals surface area contributed by atoms with Crippen LogP contribution in [0.4, 0.5) is 0 Å². The first kappa shape index (κ1) is 19.1. The van der Waals surface area contributed by atoms with E-state index >= 15 is 0 Å². The third kappa shape index (κ3) is 4.93. The van der Waals surface area contributed by atoms with Gasteiger partial charge in [-0.1, -0.05) is 24.3 Å². The number of hydrogen-bond acceptors (Lipinski definition) is 4. The lowest BCUT2D eigenvalue weighted by atomic mass is 10.0. The number of amides is 1. The molecular formula is C21H25N3O3. The lowest BCUT2D eigenvalue weighted by molar-refractivity contribution is 0.0651. The Labute approximate surface area is 158 Å². The Kier molecular flexibility index (Phi) is 5.58. The molecule has 142 valence electrons. The number of aliphatic hydroxyl groups excluding tert-OH is 1. The van der Waals surface area contributed by atoms with E-state index in [0.29, 0.717) is 18.5 Å². The van der Waals surface area contributed by atoms with E-state index in [1.165, 1.54) is 0 Å². The van der Waals surface area contributed by atoms with Gasteiger partial charge in [0.2, 0.25) is 0 Å². The summed E-state index contributed by atoms with van der Waals surface area (Å²) in [7, 11) is 0. The highest BCUT2D eigenvalue weighted by atomic mass is 16.3. The van der Waals surface area contributed by atoms with Crippen LogP contribution in [0.25, 0.3) is 22.0 Å². The van der Waals surface area contributed by atoms with Crippen molar-refractivity contribution in [2.75, 3.05) is 13.2 Å². The summed E-state index contributed by atoms with van der Waals surface area (Å²) in [6.45, 7) is 4.37. The molecule has 2 aromatic carbocycles. The van der Waals surface area contributed by atoms with Crippen LogP contribution in [0.3, 0.4) is 0 Å². The number of nitrogens with one attached hydrogen (secondary N) is 1. The second-order valence-electron chi connectivity index (χ2n) is 7.29. The molecule has 0 unspecified atom stereocenters. The van der Waals surface area contributed by atoms with Gasteiger partial charge in [-0.3, -0.25) is 9.48 Å². The third-order valence-corrected chi connectivity index (χ3v) is 4.36. The summed E-state index contributed by atoms with van der Waals surface area (Å²) in [6.07, 6.45) is 2.60. The Bertz CT molecular complexity index is 941. The fraction of sp³-hybridized carbons (Fsp3) is 0.333. The normalized spacial score (nSPS) is 11.7. The number of nitrogens with zero attached hydrogens (tertiary/aromatic N) is 2. The molecule has 3 rings (SSSR count). The fourth-order valence-electron chi connectivity index (χ4n) is 2.86. The van der Waals surface area contributed by atoms with Gasteiger partial charge in [0.15, 0.2) is 0 Å². The minimum absolute atomic E-state index is 0.0851. The molecule has 3 N–H and O–H groups in total. The predicted octanol–water partition coefficient (Wildman–Crippen LogP) is 2.59. The van der Waals surface area contributed by atoms with Crippen molar-refractivity contribution in [3.8, 4) is 11.1 Å². The summed E-state index contributed by atoms with van der Waals surface area (Å²) in [4.78, 5) is 12.1. The van der Waals surface area contributed by atoms with Crippen molar-refractivity contribution >= 4 is 16.8 Å². The average molecular weight is 367 g/mol. The van der Waals surface area contributed by atoms with Crippen LogP contribution in [0.5, 0.6) is 0 Å². The molecule has 3 aromatic rings. The number of fused-ring (bicyclic) bond motifs is 1. The maximum absolute atomic E-state index is 12.1. The first-order chi connectivity index (χ1) is 12.9. The van der Waals surface area contributed by atoms with E-state index in [0.717, 1.165) is 22.0 Å². The predicted molar refractivity (Wildman–Crippen MR) is 106 cm³/mol. The van der Waals surface area contributed by atoms with Gasteiger partial charge in [-0.2, -0.15) is 5.10 Å². The second kappa shape index (κ2) is 7.90. The minimum atomic E-state index is -0.722. The number of benzene rings is 2. The Hall–Kier alpha value is -2.70. The first-order valence-electron chi connectivity index (χ1n) is 9.05. The summed E-state index contributed by atoms with van der Waals surface area (Å²) in [5.41, 5.74) is 2.61. The molecule has 6 nitrogen and oxygen atoms in total. The molecule has 6 heteroatoms. The van der Waals surface area contributed by atoms with Crippen molar-refractivity contribution in [2.24, 2.45) is 0 Å². The van der Waals surface area contributed by atoms with Crippen LogP contribution in [0, 0.1) is 0 Å². The highest BCUT2D eigenvalue weighted by Gasteiger charge is 2.13. The van der Waals surface area contributed by atoms with E-state index in [1.54, 1.807) is 19.9 Å². The summed E-state index contributed by atoms with van der Waals surface area (Å²) < 4.78 is 1.85. The van der Waals surface area contributed by atoms with E-state index < -0.39 is 5.60 Å². The van der Waals surface area contributed by atoms with Gasteiger partial charge in [-0.05, 0) is 49.6 Å². The molecule has 1 aromatic heterocycles. The SMILES string of the molecule is CC(C)(O)CCn1cc2ccc(-c3cccc(C(=O)NCCO)c3)cc2n1. The average Bonchev–Trinajstić information content (AvgIpc) is 3.06. The van der Waals surface area contributed by atoms with E-state index in [2.05, 4.69) is 10.4 Å². The molecule has 0 atom stereocenters. The van der Waals surface area contributed by atoms with Crippen molar-refractivity contribution < 1.29 is 15.0 Å². The van der Waals surface area contributed by atoms with Gasteiger partial charge in [0.25, 0.3) is 5.91 Å². The molecule has 0 saturated carbocycles. The molecule has 0 aliphatic rings. The minimum Gasteiger partial charge on any atom is -0.395 e. The molecular weight excluding hydrogens is 342 g/mol. The van der Waals surface area contributed by atoms with Gasteiger partial charge in [-0.25, -0.2) is 0 Å². The first-order valence-corrected chi connectivity index (χ1v) is 9.05. The van der Waals surface area contributed by atoms with Crippen molar-refractivity contribution in [3.63, 3.8) is 0 Å². The Morgan fingerprint density at radius 2 is 1.96 bits per heavy atom. The molecule has 0 aliphatic carbocycles. The largest absolute Gasteiger partial charge is 0.395 e. The van der Waals surface area contributed by atoms with Crippen molar-refractivity contribution in [1.29, 1.82) is 0 Å². The van der Waals surface area contributed by atoms with E-state index in [9.17, 15) is 9.90 Å². The number of aliphatic hydroxyl groups is 2. The Balaban J connectivity index is 1.83. The van der Waals surface area contributed by atoms with Gasteiger partial charge in [0, 0.05) is 30.2 Å². The van der Waals surface area contributed by atoms with Crippen LogP contribution < -0.4 is 5.32 Å². The summed E-state index contributed by atoms with van der Waals surface area (Å²) in [5.74, 6) is -0.206. The van der Waals surface area contributed by atoms with Crippen molar-refractivity contribution in [1.82, 2.24) is 15.1 Å². The monoisotopic (exact) mass is 367 g/mol. The molecule has 0 radical (unpaired) electrons. The van der Waals surface area contributed by atoms with Gasteiger partial charge in [0.05, 0.1) is 17.7 Å². The molecule has 1 heterocycles. The molecule has 0 aliphatic heterocycles. The van der Waals surface area contributed by atoms with E-state index in [-0.39, 0.29) is 19.1 Å². The lowest BCUT2D eigenvalue weighted by Gasteiger charge is -2.16. The highest BCUT2D eigenvalue weighted by Crippen LogP contribution is 2.25. The molecule has 27 heavy (non-hydrogen) atoms. The standard InChI is InChI=1S/C21H25N3O3/c1-21(2,27)8-10-24-14-18-7-6-16(13-19(18)23-24)15-4-3-5-17(12-15)20(26)22-9-11-25/h3-7,12-14,25,27H,8-11H2,1-2H3,(H,22,26). The number of rotatable bonds is 7. The maximum Gasteiger partial charge on any atom is 0.251 e. The lowest BCUT2D eigenvalue weighted by Crippen LogP contribution is -2.26. The number of carbonyl (C=O) groups is 1.